The van der Waals surface area contributed by atoms with E-state index in [2.05, 4.69) is 15.3 Å². The number of carbonyl (C=O) groups is 1. The van der Waals surface area contributed by atoms with Crippen LogP contribution in [0.2, 0.25) is 0 Å². The van der Waals surface area contributed by atoms with Crippen molar-refractivity contribution < 1.29 is 9.90 Å². The largest absolute Gasteiger partial charge is 0.465 e. The second-order valence-corrected chi connectivity index (χ2v) is 6.70. The molecule has 1 aromatic rings. The molecule has 4 N–H and O–H groups in total. The Morgan fingerprint density at radius 2 is 1.95 bits per heavy atom. The molecule has 2 heterocycles. The number of hydrogen-bond donors (Lipinski definition) is 3. The summed E-state index contributed by atoms with van der Waals surface area (Å²) in [7, 11) is 0. The van der Waals surface area contributed by atoms with Gasteiger partial charge in [-0.25, -0.2) is 9.78 Å². The predicted molar refractivity (Wildman–Crippen MR) is 81.6 cm³/mol. The van der Waals surface area contributed by atoms with Crippen LogP contribution in [0.3, 0.4) is 0 Å². The number of likely N-dealkylation sites (tertiary alicyclic amines) is 1. The van der Waals surface area contributed by atoms with Crippen LogP contribution >= 0.6 is 0 Å². The van der Waals surface area contributed by atoms with Crippen molar-refractivity contribution >= 4 is 17.9 Å². The highest BCUT2D eigenvalue weighted by atomic mass is 16.4. The van der Waals surface area contributed by atoms with E-state index in [1.54, 1.807) is 0 Å². The summed E-state index contributed by atoms with van der Waals surface area (Å²) in [4.78, 5) is 21.1. The van der Waals surface area contributed by atoms with Gasteiger partial charge in [-0.1, -0.05) is 12.8 Å². The van der Waals surface area contributed by atoms with Gasteiger partial charge in [0.05, 0.1) is 5.69 Å². The maximum atomic E-state index is 10.9. The Hall–Kier alpha value is -2.05. The van der Waals surface area contributed by atoms with Gasteiger partial charge in [-0.2, -0.15) is 4.98 Å². The molecule has 4 rings (SSSR count). The van der Waals surface area contributed by atoms with Gasteiger partial charge in [-0.05, 0) is 12.8 Å². The zero-order valence-corrected chi connectivity index (χ0v) is 12.4. The summed E-state index contributed by atoms with van der Waals surface area (Å²) < 4.78 is 0. The first kappa shape index (κ1) is 13.6. The summed E-state index contributed by atoms with van der Waals surface area (Å²) >= 11 is 0. The summed E-state index contributed by atoms with van der Waals surface area (Å²) in [6.07, 6.45) is 4.06. The number of fused-ring (bicyclic) bond motifs is 1. The van der Waals surface area contributed by atoms with Crippen LogP contribution in [0.1, 0.15) is 37.3 Å². The van der Waals surface area contributed by atoms with Crippen LogP contribution < -0.4 is 11.1 Å². The third-order valence-electron chi connectivity index (χ3n) is 5.32. The van der Waals surface area contributed by atoms with E-state index in [4.69, 9.17) is 10.8 Å². The molecular formula is C15H21N5O2. The highest BCUT2D eigenvalue weighted by Gasteiger charge is 2.57. The second kappa shape index (κ2) is 5.00. The van der Waals surface area contributed by atoms with Gasteiger partial charge >= 0.3 is 6.09 Å². The van der Waals surface area contributed by atoms with Crippen molar-refractivity contribution in [3.63, 3.8) is 0 Å². The number of hydrogen-bond acceptors (Lipinski definition) is 5. The van der Waals surface area contributed by atoms with E-state index in [0.29, 0.717) is 42.8 Å². The van der Waals surface area contributed by atoms with Gasteiger partial charge in [0.15, 0.2) is 0 Å². The van der Waals surface area contributed by atoms with Crippen LogP contribution in [-0.2, 0) is 0 Å². The number of nitrogens with zero attached hydrogens (tertiary/aromatic N) is 3. The highest BCUT2D eigenvalue weighted by Crippen LogP contribution is 2.47. The Bertz CT molecular complexity index is 590. The first-order valence-corrected chi connectivity index (χ1v) is 8.00. The Labute approximate surface area is 128 Å². The van der Waals surface area contributed by atoms with E-state index in [1.165, 1.54) is 30.6 Å². The van der Waals surface area contributed by atoms with E-state index < -0.39 is 6.09 Å². The lowest BCUT2D eigenvalue weighted by Crippen LogP contribution is -2.32. The predicted octanol–water partition coefficient (Wildman–Crippen LogP) is 1.74. The zero-order valence-electron chi connectivity index (χ0n) is 12.4. The summed E-state index contributed by atoms with van der Waals surface area (Å²) in [5, 5.41) is 12.4. The smallest absolute Gasteiger partial charge is 0.407 e. The lowest BCUT2D eigenvalue weighted by atomic mass is 10.0. The zero-order chi connectivity index (χ0) is 15.3. The standard InChI is InChI=1S/C15H21N5O2/c16-14-17-11(8-3-1-2-4-8)5-12(19-14)18-13-9-6-20(15(21)22)7-10(9)13/h5,8-10,13H,1-4,6-7H2,(H,21,22)(H3,16,17,18,19)/t9-,10+,13?. The average Bonchev–Trinajstić information content (AvgIpc) is 2.96. The number of anilines is 2. The minimum Gasteiger partial charge on any atom is -0.465 e. The van der Waals surface area contributed by atoms with Crippen LogP contribution in [0.15, 0.2) is 6.07 Å². The summed E-state index contributed by atoms with van der Waals surface area (Å²) in [5.41, 5.74) is 6.90. The van der Waals surface area contributed by atoms with Gasteiger partial charge in [0.2, 0.25) is 5.95 Å². The molecule has 0 radical (unpaired) electrons. The Morgan fingerprint density at radius 1 is 1.27 bits per heavy atom. The topological polar surface area (TPSA) is 104 Å². The molecule has 1 aliphatic heterocycles. The first-order valence-electron chi connectivity index (χ1n) is 8.00. The third kappa shape index (κ3) is 2.34. The number of nitrogens with two attached hydrogens (primary N) is 1. The monoisotopic (exact) mass is 303 g/mol. The van der Waals surface area contributed by atoms with Crippen LogP contribution in [0, 0.1) is 11.8 Å². The van der Waals surface area contributed by atoms with Crippen LogP contribution in [0.4, 0.5) is 16.6 Å². The Balaban J connectivity index is 1.43. The minimum atomic E-state index is -0.819. The van der Waals surface area contributed by atoms with Crippen molar-refractivity contribution in [2.45, 2.75) is 37.6 Å². The quantitative estimate of drug-likeness (QED) is 0.785. The molecule has 2 saturated carbocycles. The third-order valence-corrected chi connectivity index (χ3v) is 5.32. The molecule has 1 amide bonds. The van der Waals surface area contributed by atoms with Crippen molar-refractivity contribution in [1.82, 2.24) is 14.9 Å². The molecule has 0 aromatic carbocycles. The van der Waals surface area contributed by atoms with Gasteiger partial charge in [0.25, 0.3) is 0 Å². The summed E-state index contributed by atoms with van der Waals surface area (Å²) in [6.45, 7) is 1.24. The molecule has 3 fully saturated rings. The molecule has 1 saturated heterocycles. The number of nitrogen functional groups attached to an aromatic ring is 1. The lowest BCUT2D eigenvalue weighted by molar-refractivity contribution is 0.150. The van der Waals surface area contributed by atoms with E-state index >= 15 is 0 Å². The fourth-order valence-corrected chi connectivity index (χ4v) is 4.06. The van der Waals surface area contributed by atoms with Crippen molar-refractivity contribution in [1.29, 1.82) is 0 Å². The van der Waals surface area contributed by atoms with Crippen molar-refractivity contribution in [3.05, 3.63) is 11.8 Å². The maximum Gasteiger partial charge on any atom is 0.407 e. The highest BCUT2D eigenvalue weighted by molar-refractivity contribution is 5.66. The molecule has 0 spiro atoms. The second-order valence-electron chi connectivity index (χ2n) is 6.70. The minimum absolute atomic E-state index is 0.321. The molecule has 2 aliphatic carbocycles. The number of amides is 1. The fraction of sp³-hybridized carbons (Fsp3) is 0.667. The van der Waals surface area contributed by atoms with E-state index in [-0.39, 0.29) is 0 Å². The normalized spacial score (nSPS) is 30.4. The van der Waals surface area contributed by atoms with Gasteiger partial charge in [0, 0.05) is 43.0 Å². The molecular weight excluding hydrogens is 282 g/mol. The van der Waals surface area contributed by atoms with Crippen molar-refractivity contribution in [3.8, 4) is 0 Å². The van der Waals surface area contributed by atoms with Crippen LogP contribution in [0.25, 0.3) is 0 Å². The van der Waals surface area contributed by atoms with Gasteiger partial charge < -0.3 is 21.1 Å². The summed E-state index contributed by atoms with van der Waals surface area (Å²) in [6, 6.07) is 2.34. The molecule has 3 aliphatic rings. The van der Waals surface area contributed by atoms with E-state index in [1.807, 2.05) is 6.07 Å². The number of carboxylic acid groups (broad SMARTS) is 1. The van der Waals surface area contributed by atoms with Crippen molar-refractivity contribution in [2.24, 2.45) is 11.8 Å². The van der Waals surface area contributed by atoms with Gasteiger partial charge in [-0.3, -0.25) is 0 Å². The number of rotatable bonds is 3. The molecule has 22 heavy (non-hydrogen) atoms. The molecule has 1 unspecified atom stereocenters. The van der Waals surface area contributed by atoms with Crippen LogP contribution in [-0.4, -0.2) is 45.2 Å². The molecule has 7 nitrogen and oxygen atoms in total. The Morgan fingerprint density at radius 3 is 2.59 bits per heavy atom. The molecule has 118 valence electrons. The molecule has 1 aromatic heterocycles. The SMILES string of the molecule is Nc1nc(NC2[C@H]3CN(C(=O)O)C[C@@H]23)cc(C2CCCC2)n1. The van der Waals surface area contributed by atoms with Gasteiger partial charge in [-0.15, -0.1) is 0 Å². The van der Waals surface area contributed by atoms with E-state index in [9.17, 15) is 4.79 Å². The van der Waals surface area contributed by atoms with Crippen molar-refractivity contribution in [2.75, 3.05) is 24.1 Å². The fourth-order valence-electron chi connectivity index (χ4n) is 4.06. The maximum absolute atomic E-state index is 10.9. The summed E-state index contributed by atoms with van der Waals surface area (Å²) in [5.74, 6) is 2.43. The Kier molecular flexibility index (Phi) is 3.09. The average molecular weight is 303 g/mol. The number of aromatic nitrogens is 2. The van der Waals surface area contributed by atoms with Crippen LogP contribution in [0.5, 0.6) is 0 Å². The number of nitrogens with one attached hydrogen (secondary N) is 1. The molecule has 7 heteroatoms. The number of piperidine rings is 1. The molecule has 0 bridgehead atoms. The van der Waals surface area contributed by atoms with Gasteiger partial charge in [0.1, 0.15) is 5.82 Å². The lowest BCUT2D eigenvalue weighted by Gasteiger charge is -2.17. The molecule has 3 atom stereocenters. The first-order chi connectivity index (χ1) is 10.6. The van der Waals surface area contributed by atoms with E-state index in [0.717, 1.165) is 11.5 Å².